The van der Waals surface area contributed by atoms with E-state index in [0.717, 1.165) is 18.2 Å². The average molecular weight is 392 g/mol. The molecule has 0 atom stereocenters. The van der Waals surface area contributed by atoms with Crippen LogP contribution in [0.3, 0.4) is 0 Å². The van der Waals surface area contributed by atoms with Crippen LogP contribution in [0.2, 0.25) is 0 Å². The lowest BCUT2D eigenvalue weighted by molar-refractivity contribution is -0.386. The predicted octanol–water partition coefficient (Wildman–Crippen LogP) is 1.50. The van der Waals surface area contributed by atoms with E-state index < -0.39 is 14.9 Å². The maximum atomic E-state index is 12.9. The second kappa shape index (κ2) is 7.99. The molecule has 0 N–H and O–H groups in total. The molecule has 1 aromatic heterocycles. The third kappa shape index (κ3) is 4.24. The van der Waals surface area contributed by atoms with Crippen LogP contribution in [0.1, 0.15) is 5.56 Å². The van der Waals surface area contributed by atoms with Gasteiger partial charge in [-0.05, 0) is 29.8 Å². The summed E-state index contributed by atoms with van der Waals surface area (Å²) in [4.78, 5) is 16.6. The van der Waals surface area contributed by atoms with Crippen molar-refractivity contribution in [3.05, 3.63) is 58.4 Å². The molecule has 2 heterocycles. The monoisotopic (exact) mass is 392 g/mol. The van der Waals surface area contributed by atoms with Crippen LogP contribution in [0.25, 0.3) is 0 Å². The van der Waals surface area contributed by atoms with Crippen LogP contribution < -0.4 is 4.74 Å². The summed E-state index contributed by atoms with van der Waals surface area (Å²) in [5.74, 6) is 0.0288. The molecular weight excluding hydrogens is 372 g/mol. The lowest BCUT2D eigenvalue weighted by Gasteiger charge is -2.33. The second-order valence-corrected chi connectivity index (χ2v) is 8.06. The van der Waals surface area contributed by atoms with Crippen molar-refractivity contribution < 1.29 is 18.1 Å². The molecule has 3 rings (SSSR count). The average Bonchev–Trinajstić information content (AvgIpc) is 2.68. The van der Waals surface area contributed by atoms with E-state index in [1.165, 1.54) is 23.5 Å². The minimum absolute atomic E-state index is 0.0288. The van der Waals surface area contributed by atoms with Crippen LogP contribution >= 0.6 is 0 Å². The fourth-order valence-electron chi connectivity index (χ4n) is 3.00. The summed E-state index contributed by atoms with van der Waals surface area (Å²) >= 11 is 0. The molecule has 0 spiro atoms. The van der Waals surface area contributed by atoms with Crippen molar-refractivity contribution in [3.8, 4) is 5.75 Å². The molecule has 0 amide bonds. The van der Waals surface area contributed by atoms with Crippen LogP contribution in [0, 0.1) is 10.1 Å². The number of hydrogen-bond acceptors (Lipinski definition) is 7. The topological polar surface area (TPSA) is 106 Å². The largest absolute Gasteiger partial charge is 0.490 e. The Morgan fingerprint density at radius 1 is 1.15 bits per heavy atom. The minimum atomic E-state index is -3.80. The van der Waals surface area contributed by atoms with E-state index in [-0.39, 0.29) is 16.3 Å². The highest BCUT2D eigenvalue weighted by Gasteiger charge is 2.30. The number of rotatable bonds is 6. The zero-order valence-corrected chi connectivity index (χ0v) is 15.6. The van der Waals surface area contributed by atoms with Gasteiger partial charge in [0, 0.05) is 51.2 Å². The maximum absolute atomic E-state index is 12.9. The van der Waals surface area contributed by atoms with E-state index in [4.69, 9.17) is 4.74 Å². The van der Waals surface area contributed by atoms with E-state index in [9.17, 15) is 18.5 Å². The number of ether oxygens (including phenoxy) is 1. The molecule has 0 radical (unpaired) electrons. The number of benzene rings is 1. The van der Waals surface area contributed by atoms with Gasteiger partial charge >= 0.3 is 5.69 Å². The highest BCUT2D eigenvalue weighted by molar-refractivity contribution is 7.89. The summed E-state index contributed by atoms with van der Waals surface area (Å²) in [6.07, 6.45) is 3.46. The lowest BCUT2D eigenvalue weighted by Crippen LogP contribution is -2.48. The van der Waals surface area contributed by atoms with Gasteiger partial charge in [0.15, 0.2) is 5.75 Å². The quantitative estimate of drug-likeness (QED) is 0.542. The highest BCUT2D eigenvalue weighted by Crippen LogP contribution is 2.30. The van der Waals surface area contributed by atoms with Crippen LogP contribution in [0.15, 0.2) is 47.6 Å². The van der Waals surface area contributed by atoms with Crippen LogP contribution in [-0.2, 0) is 16.6 Å². The van der Waals surface area contributed by atoms with Gasteiger partial charge in [-0.2, -0.15) is 4.31 Å². The lowest BCUT2D eigenvalue weighted by atomic mass is 10.2. The summed E-state index contributed by atoms with van der Waals surface area (Å²) in [6, 6.07) is 7.56. The van der Waals surface area contributed by atoms with Crippen molar-refractivity contribution in [2.75, 3.05) is 33.3 Å². The molecule has 27 heavy (non-hydrogen) atoms. The van der Waals surface area contributed by atoms with Gasteiger partial charge in [-0.3, -0.25) is 20.0 Å². The number of nitro benzene ring substituents is 1. The predicted molar refractivity (Wildman–Crippen MR) is 97.9 cm³/mol. The van der Waals surface area contributed by atoms with Gasteiger partial charge in [0.25, 0.3) is 0 Å². The second-order valence-electron chi connectivity index (χ2n) is 6.13. The van der Waals surface area contributed by atoms with Gasteiger partial charge in [0.2, 0.25) is 10.0 Å². The van der Waals surface area contributed by atoms with E-state index in [0.29, 0.717) is 26.2 Å². The van der Waals surface area contributed by atoms with Crippen LogP contribution in [-0.4, -0.2) is 60.8 Å². The molecule has 0 bridgehead atoms. The molecule has 0 unspecified atom stereocenters. The third-order valence-electron chi connectivity index (χ3n) is 4.47. The number of pyridine rings is 1. The Kier molecular flexibility index (Phi) is 5.68. The fraction of sp³-hybridized carbons (Fsp3) is 0.353. The first-order chi connectivity index (χ1) is 12.9. The van der Waals surface area contributed by atoms with Crippen molar-refractivity contribution in [2.24, 2.45) is 0 Å². The SMILES string of the molecule is COc1ccc(S(=O)(=O)N2CCN(Cc3ccncc3)CC2)cc1[N+](=O)[O-]. The number of sulfonamides is 1. The van der Waals surface area contributed by atoms with E-state index in [1.54, 1.807) is 12.4 Å². The smallest absolute Gasteiger partial charge is 0.312 e. The molecule has 1 aliphatic heterocycles. The zero-order valence-electron chi connectivity index (χ0n) is 14.8. The number of aromatic nitrogens is 1. The molecule has 2 aromatic rings. The van der Waals surface area contributed by atoms with Gasteiger partial charge in [0.05, 0.1) is 16.9 Å². The Labute approximate surface area is 157 Å². The van der Waals surface area contributed by atoms with Crippen LogP contribution in [0.4, 0.5) is 5.69 Å². The minimum Gasteiger partial charge on any atom is -0.490 e. The Hall–Kier alpha value is -2.56. The van der Waals surface area contributed by atoms with Crippen molar-refractivity contribution in [1.82, 2.24) is 14.2 Å². The maximum Gasteiger partial charge on any atom is 0.312 e. The first-order valence-corrected chi connectivity index (χ1v) is 9.79. The third-order valence-corrected chi connectivity index (χ3v) is 6.37. The summed E-state index contributed by atoms with van der Waals surface area (Å²) in [7, 11) is -2.50. The summed E-state index contributed by atoms with van der Waals surface area (Å²) in [5, 5.41) is 11.2. The highest BCUT2D eigenvalue weighted by atomic mass is 32.2. The number of piperazine rings is 1. The zero-order chi connectivity index (χ0) is 19.4. The van der Waals surface area contributed by atoms with Crippen molar-refractivity contribution >= 4 is 15.7 Å². The molecule has 1 fully saturated rings. The molecule has 10 heteroatoms. The first kappa shape index (κ1) is 19.2. The van der Waals surface area contributed by atoms with E-state index in [2.05, 4.69) is 9.88 Å². The summed E-state index contributed by atoms with van der Waals surface area (Å²) < 4.78 is 32.0. The molecule has 0 saturated carbocycles. The van der Waals surface area contributed by atoms with E-state index >= 15 is 0 Å². The number of methoxy groups -OCH3 is 1. The molecule has 9 nitrogen and oxygen atoms in total. The summed E-state index contributed by atoms with van der Waals surface area (Å²) in [5.41, 5.74) is 0.752. The number of nitrogens with zero attached hydrogens (tertiary/aromatic N) is 4. The Morgan fingerprint density at radius 3 is 2.41 bits per heavy atom. The Morgan fingerprint density at radius 2 is 1.81 bits per heavy atom. The summed E-state index contributed by atoms with van der Waals surface area (Å²) in [6.45, 7) is 2.55. The van der Waals surface area contributed by atoms with Gasteiger partial charge in [0.1, 0.15) is 0 Å². The molecular formula is C17H20N4O5S. The fourth-order valence-corrected chi connectivity index (χ4v) is 4.44. The number of nitro groups is 1. The van der Waals surface area contributed by atoms with Gasteiger partial charge in [-0.1, -0.05) is 0 Å². The van der Waals surface area contributed by atoms with Gasteiger partial charge < -0.3 is 4.74 Å². The van der Waals surface area contributed by atoms with Crippen molar-refractivity contribution in [1.29, 1.82) is 0 Å². The standard InChI is InChI=1S/C17H20N4O5S/c1-26-17-3-2-15(12-16(17)21(22)23)27(24,25)20-10-8-19(9-11-20)13-14-4-6-18-7-5-14/h2-7,12H,8-11,13H2,1H3. The molecule has 1 aromatic carbocycles. The molecule has 1 aliphatic rings. The van der Waals surface area contributed by atoms with Crippen LogP contribution in [0.5, 0.6) is 5.75 Å². The molecule has 0 aliphatic carbocycles. The normalized spacial score (nSPS) is 16.2. The van der Waals surface area contributed by atoms with Gasteiger partial charge in [-0.15, -0.1) is 0 Å². The molecule has 144 valence electrons. The molecule has 1 saturated heterocycles. The Bertz CT molecular complexity index is 912. The van der Waals surface area contributed by atoms with Crippen molar-refractivity contribution in [2.45, 2.75) is 11.4 Å². The first-order valence-electron chi connectivity index (χ1n) is 8.35. The van der Waals surface area contributed by atoms with Gasteiger partial charge in [-0.25, -0.2) is 8.42 Å². The van der Waals surface area contributed by atoms with Crippen molar-refractivity contribution in [3.63, 3.8) is 0 Å². The Balaban J connectivity index is 1.71. The number of hydrogen-bond donors (Lipinski definition) is 0. The van der Waals surface area contributed by atoms with E-state index in [1.807, 2.05) is 12.1 Å².